The molecule has 0 aliphatic rings. The molecule has 0 saturated heterocycles. The maximum Gasteiger partial charge on any atom is 0.115 e. The van der Waals surface area contributed by atoms with Gasteiger partial charge in [-0.25, -0.2) is 4.98 Å². The van der Waals surface area contributed by atoms with Gasteiger partial charge >= 0.3 is 0 Å². The van der Waals surface area contributed by atoms with E-state index in [-0.39, 0.29) is 6.61 Å². The molecule has 0 atom stereocenters. The number of aliphatic hydroxyl groups excluding tert-OH is 1. The van der Waals surface area contributed by atoms with Gasteiger partial charge in [0.05, 0.1) is 17.6 Å². The molecule has 4 nitrogen and oxygen atoms in total. The number of nitrogens with zero attached hydrogens (tertiary/aromatic N) is 2. The fraction of sp³-hybridized carbons (Fsp3) is 0.214. The van der Waals surface area contributed by atoms with Gasteiger partial charge in [-0.1, -0.05) is 15.9 Å². The Balaban J connectivity index is 2.08. The van der Waals surface area contributed by atoms with Gasteiger partial charge in [0, 0.05) is 29.3 Å². The van der Waals surface area contributed by atoms with Crippen LogP contribution in [0.4, 0.5) is 0 Å². The van der Waals surface area contributed by atoms with E-state index in [4.69, 9.17) is 0 Å². The smallest absolute Gasteiger partial charge is 0.115 e. The first-order valence-corrected chi connectivity index (χ1v) is 6.95. The van der Waals surface area contributed by atoms with Crippen LogP contribution >= 0.6 is 15.9 Å². The molecule has 0 amide bonds. The van der Waals surface area contributed by atoms with Gasteiger partial charge in [-0.2, -0.15) is 0 Å². The molecular formula is C14H14BrN3O. The molecular weight excluding hydrogens is 306 g/mol. The van der Waals surface area contributed by atoms with Crippen molar-refractivity contribution in [3.63, 3.8) is 0 Å². The third-order valence-electron chi connectivity index (χ3n) is 3.12. The van der Waals surface area contributed by atoms with Crippen LogP contribution < -0.4 is 0 Å². The quantitative estimate of drug-likeness (QED) is 0.777. The second-order valence-corrected chi connectivity index (χ2v) is 5.32. The fourth-order valence-corrected chi connectivity index (χ4v) is 2.63. The Morgan fingerprint density at radius 2 is 2.21 bits per heavy atom. The predicted molar refractivity (Wildman–Crippen MR) is 78.1 cm³/mol. The molecule has 0 aliphatic heterocycles. The van der Waals surface area contributed by atoms with Crippen LogP contribution in [0.2, 0.25) is 0 Å². The molecule has 0 saturated carbocycles. The summed E-state index contributed by atoms with van der Waals surface area (Å²) in [4.78, 5) is 7.85. The molecule has 1 aromatic carbocycles. The van der Waals surface area contributed by atoms with Gasteiger partial charge in [-0.3, -0.25) is 0 Å². The Morgan fingerprint density at radius 3 is 2.95 bits per heavy atom. The first-order chi connectivity index (χ1) is 9.28. The minimum atomic E-state index is 0.110. The summed E-state index contributed by atoms with van der Waals surface area (Å²) in [6, 6.07) is 10.0. The molecule has 0 fully saturated rings. The monoisotopic (exact) mass is 319 g/mol. The summed E-state index contributed by atoms with van der Waals surface area (Å²) in [5.41, 5.74) is 3.12. The minimum Gasteiger partial charge on any atom is -0.395 e. The third kappa shape index (κ3) is 2.43. The van der Waals surface area contributed by atoms with Crippen molar-refractivity contribution in [3.8, 4) is 0 Å². The van der Waals surface area contributed by atoms with Gasteiger partial charge < -0.3 is 14.7 Å². The van der Waals surface area contributed by atoms with E-state index in [0.29, 0.717) is 6.54 Å². The minimum absolute atomic E-state index is 0.110. The highest BCUT2D eigenvalue weighted by Crippen LogP contribution is 2.22. The van der Waals surface area contributed by atoms with Gasteiger partial charge in [0.2, 0.25) is 0 Å². The zero-order chi connectivity index (χ0) is 13.2. The molecule has 0 unspecified atom stereocenters. The lowest BCUT2D eigenvalue weighted by molar-refractivity contribution is 0.276. The summed E-state index contributed by atoms with van der Waals surface area (Å²) in [6.45, 7) is 0.674. The van der Waals surface area contributed by atoms with E-state index in [9.17, 15) is 5.11 Å². The molecule has 0 radical (unpaired) electrons. The molecule has 19 heavy (non-hydrogen) atoms. The first-order valence-electron chi connectivity index (χ1n) is 6.16. The van der Waals surface area contributed by atoms with Crippen LogP contribution in [0.25, 0.3) is 11.0 Å². The number of fused-ring (bicyclic) bond motifs is 1. The number of H-pyrrole nitrogens is 1. The third-order valence-corrected chi connectivity index (χ3v) is 3.62. The van der Waals surface area contributed by atoms with Crippen molar-refractivity contribution in [1.29, 1.82) is 0 Å². The number of hydrogen-bond acceptors (Lipinski definition) is 2. The lowest BCUT2D eigenvalue weighted by atomic mass is 10.3. The Morgan fingerprint density at radius 1 is 1.32 bits per heavy atom. The van der Waals surface area contributed by atoms with Crippen molar-refractivity contribution in [2.24, 2.45) is 0 Å². The van der Waals surface area contributed by atoms with Gasteiger partial charge in [0.15, 0.2) is 0 Å². The Hall–Kier alpha value is -1.59. The van der Waals surface area contributed by atoms with E-state index in [1.165, 1.54) is 0 Å². The second-order valence-electron chi connectivity index (χ2n) is 4.41. The molecule has 0 aliphatic carbocycles. The van der Waals surface area contributed by atoms with Crippen LogP contribution in [0.15, 0.2) is 41.0 Å². The average Bonchev–Trinajstić information content (AvgIpc) is 2.99. The standard InChI is InChI=1S/C14H14BrN3O/c15-10-3-4-13-12(8-10)17-14(18(13)6-7-19)9-11-2-1-5-16-11/h1-5,8,16,19H,6-7,9H2. The van der Waals surface area contributed by atoms with Crippen molar-refractivity contribution < 1.29 is 5.11 Å². The number of rotatable bonds is 4. The molecule has 2 N–H and O–H groups in total. The number of halogens is 1. The van der Waals surface area contributed by atoms with E-state index in [2.05, 4.69) is 30.5 Å². The van der Waals surface area contributed by atoms with E-state index >= 15 is 0 Å². The van der Waals surface area contributed by atoms with Crippen molar-refractivity contribution in [2.75, 3.05) is 6.61 Å². The predicted octanol–water partition coefficient (Wildman–Crippen LogP) is 2.71. The SMILES string of the molecule is OCCn1c(Cc2ccc[nH]2)nc2cc(Br)ccc21. The number of aliphatic hydroxyl groups is 1. The van der Waals surface area contributed by atoms with Gasteiger partial charge in [-0.05, 0) is 30.3 Å². The lowest BCUT2D eigenvalue weighted by Crippen LogP contribution is -2.07. The normalized spacial score (nSPS) is 11.3. The van der Waals surface area contributed by atoms with Crippen LogP contribution in [0.5, 0.6) is 0 Å². The number of aromatic nitrogens is 3. The highest BCUT2D eigenvalue weighted by molar-refractivity contribution is 9.10. The summed E-state index contributed by atoms with van der Waals surface area (Å²) >= 11 is 3.46. The lowest BCUT2D eigenvalue weighted by Gasteiger charge is -2.06. The number of benzene rings is 1. The number of hydrogen-bond donors (Lipinski definition) is 2. The zero-order valence-corrected chi connectivity index (χ0v) is 11.9. The highest BCUT2D eigenvalue weighted by Gasteiger charge is 2.11. The number of nitrogens with one attached hydrogen (secondary N) is 1. The number of aromatic amines is 1. The van der Waals surface area contributed by atoms with Gasteiger partial charge in [0.1, 0.15) is 5.82 Å². The summed E-state index contributed by atoms with van der Waals surface area (Å²) in [6.07, 6.45) is 2.64. The Labute approximate surface area is 119 Å². The van der Waals surface area contributed by atoms with Crippen molar-refractivity contribution in [2.45, 2.75) is 13.0 Å². The number of imidazole rings is 1. The highest BCUT2D eigenvalue weighted by atomic mass is 79.9. The molecule has 2 heterocycles. The summed E-state index contributed by atoms with van der Waals surface area (Å²) < 4.78 is 3.09. The molecule has 5 heteroatoms. The summed E-state index contributed by atoms with van der Waals surface area (Å²) in [5, 5.41) is 9.24. The second kappa shape index (κ2) is 5.19. The maximum absolute atomic E-state index is 9.24. The van der Waals surface area contributed by atoms with Gasteiger partial charge in [-0.15, -0.1) is 0 Å². The van der Waals surface area contributed by atoms with Gasteiger partial charge in [0.25, 0.3) is 0 Å². The first kappa shape index (κ1) is 12.4. The fourth-order valence-electron chi connectivity index (χ4n) is 2.29. The summed E-state index contributed by atoms with van der Waals surface area (Å²) in [7, 11) is 0. The van der Waals surface area contributed by atoms with Crippen LogP contribution in [-0.2, 0) is 13.0 Å². The van der Waals surface area contributed by atoms with E-state index in [0.717, 1.165) is 33.4 Å². The largest absolute Gasteiger partial charge is 0.395 e. The molecule has 0 bridgehead atoms. The van der Waals surface area contributed by atoms with Crippen LogP contribution in [0.1, 0.15) is 11.5 Å². The van der Waals surface area contributed by atoms with Crippen LogP contribution in [0.3, 0.4) is 0 Å². The maximum atomic E-state index is 9.24. The van der Waals surface area contributed by atoms with E-state index in [1.54, 1.807) is 0 Å². The zero-order valence-electron chi connectivity index (χ0n) is 10.3. The molecule has 3 rings (SSSR count). The van der Waals surface area contributed by atoms with E-state index in [1.807, 2.05) is 36.5 Å². The van der Waals surface area contributed by atoms with Crippen LogP contribution in [-0.4, -0.2) is 26.2 Å². The topological polar surface area (TPSA) is 53.8 Å². The van der Waals surface area contributed by atoms with Crippen molar-refractivity contribution in [3.05, 3.63) is 52.5 Å². The molecule has 2 aromatic heterocycles. The average molecular weight is 320 g/mol. The molecule has 98 valence electrons. The molecule has 0 spiro atoms. The summed E-state index contributed by atoms with van der Waals surface area (Å²) in [5.74, 6) is 0.963. The molecule has 3 aromatic rings. The van der Waals surface area contributed by atoms with E-state index < -0.39 is 0 Å². The Kier molecular flexibility index (Phi) is 3.40. The van der Waals surface area contributed by atoms with Crippen molar-refractivity contribution >= 4 is 27.0 Å². The Bertz CT molecular complexity index is 688. The van der Waals surface area contributed by atoms with Crippen molar-refractivity contribution in [1.82, 2.24) is 14.5 Å². The van der Waals surface area contributed by atoms with Crippen LogP contribution in [0, 0.1) is 0 Å².